The average Bonchev–Trinajstić information content (AvgIpc) is 3.04. The largest absolute Gasteiger partial charge is 0.612 e. The van der Waals surface area contributed by atoms with Crippen LogP contribution in [-0.4, -0.2) is 32.2 Å². The molecule has 0 radical (unpaired) electrons. The van der Waals surface area contributed by atoms with E-state index in [0.717, 1.165) is 5.56 Å². The zero-order valence-electron chi connectivity index (χ0n) is 12.9. The maximum Gasteiger partial charge on any atom is 0.312 e. The van der Waals surface area contributed by atoms with Gasteiger partial charge >= 0.3 is 5.97 Å². The number of rotatable bonds is 4. The second kappa shape index (κ2) is 5.86. The molecule has 2 aromatic rings. The first-order chi connectivity index (χ1) is 10.9. The molecule has 1 aliphatic heterocycles. The number of hydrogen-bond donors (Lipinski definition) is 1. The van der Waals surface area contributed by atoms with Crippen LogP contribution in [0.25, 0.3) is 0 Å². The van der Waals surface area contributed by atoms with Gasteiger partial charge in [0.15, 0.2) is 4.90 Å². The van der Waals surface area contributed by atoms with Gasteiger partial charge in [-0.2, -0.15) is 0 Å². The Labute approximate surface area is 137 Å². The second-order valence-electron chi connectivity index (χ2n) is 5.74. The van der Waals surface area contributed by atoms with Crippen molar-refractivity contribution >= 4 is 22.9 Å². The van der Waals surface area contributed by atoms with E-state index in [9.17, 15) is 19.2 Å². The molecule has 0 saturated carbocycles. The van der Waals surface area contributed by atoms with Crippen LogP contribution in [0.5, 0.6) is 0 Å². The Hall–Kier alpha value is -2.05. The van der Waals surface area contributed by atoms with Crippen LogP contribution >= 0.6 is 0 Å². The summed E-state index contributed by atoms with van der Waals surface area (Å²) in [6, 6.07) is 8.51. The number of aryl methyl sites for hydroxylation is 1. The monoisotopic (exact) mass is 331 g/mol. The number of ketones is 1. The minimum Gasteiger partial charge on any atom is -0.612 e. The van der Waals surface area contributed by atoms with Gasteiger partial charge in [0.2, 0.25) is 5.78 Å². The zero-order valence-corrected chi connectivity index (χ0v) is 13.7. The van der Waals surface area contributed by atoms with Gasteiger partial charge in [0.1, 0.15) is 6.26 Å². The topological polar surface area (TPSA) is 82.4 Å². The summed E-state index contributed by atoms with van der Waals surface area (Å²) in [6.07, 6.45) is 2.10. The van der Waals surface area contributed by atoms with E-state index in [2.05, 4.69) is 0 Å². The molecule has 2 atom stereocenters. The lowest BCUT2D eigenvalue weighted by molar-refractivity contribution is -0.138. The van der Waals surface area contributed by atoms with E-state index in [-0.39, 0.29) is 5.78 Å². The molecular formula is C17H17NO4S. The molecule has 1 aromatic heterocycles. The fourth-order valence-electron chi connectivity index (χ4n) is 3.13. The van der Waals surface area contributed by atoms with Gasteiger partial charge in [0.25, 0.3) is 0 Å². The molecule has 1 N–H and O–H groups in total. The van der Waals surface area contributed by atoms with E-state index >= 15 is 0 Å². The Morgan fingerprint density at radius 1 is 1.30 bits per heavy atom. The SMILES string of the molecule is Cc1cc2n(c1C(=O)c1ccc([S+](C)[O-])cc1)CCC2C(=O)O. The van der Waals surface area contributed by atoms with Crippen LogP contribution in [0, 0.1) is 6.92 Å². The molecule has 120 valence electrons. The Kier molecular flexibility index (Phi) is 4.04. The number of carbonyl (C=O) groups is 2. The first-order valence-electron chi connectivity index (χ1n) is 7.31. The molecular weight excluding hydrogens is 314 g/mol. The van der Waals surface area contributed by atoms with Crippen molar-refractivity contribution in [2.75, 3.05) is 6.26 Å². The van der Waals surface area contributed by atoms with Crippen LogP contribution in [0.3, 0.4) is 0 Å². The molecule has 0 spiro atoms. The summed E-state index contributed by atoms with van der Waals surface area (Å²) < 4.78 is 13.3. The minimum absolute atomic E-state index is 0.131. The van der Waals surface area contributed by atoms with Crippen molar-refractivity contribution in [1.29, 1.82) is 0 Å². The van der Waals surface area contributed by atoms with Crippen LogP contribution in [0.4, 0.5) is 0 Å². The normalized spacial score (nSPS) is 17.8. The number of aromatic nitrogens is 1. The van der Waals surface area contributed by atoms with Crippen molar-refractivity contribution in [1.82, 2.24) is 4.57 Å². The predicted molar refractivity (Wildman–Crippen MR) is 86.4 cm³/mol. The summed E-state index contributed by atoms with van der Waals surface area (Å²) in [5.41, 5.74) is 2.56. The fraction of sp³-hybridized carbons (Fsp3) is 0.294. The van der Waals surface area contributed by atoms with Gasteiger partial charge < -0.3 is 14.2 Å². The number of carboxylic acids is 1. The number of benzene rings is 1. The van der Waals surface area contributed by atoms with Crippen LogP contribution in [-0.2, 0) is 22.5 Å². The molecule has 3 rings (SSSR count). The van der Waals surface area contributed by atoms with E-state index in [1.165, 1.54) is 0 Å². The highest BCUT2D eigenvalue weighted by Crippen LogP contribution is 2.33. The van der Waals surface area contributed by atoms with Crippen LogP contribution in [0.15, 0.2) is 35.2 Å². The smallest absolute Gasteiger partial charge is 0.312 e. The standard InChI is InChI=1S/C17H17NO4S/c1-10-9-14-13(17(20)21)7-8-18(14)15(10)16(19)11-3-5-12(6-4-11)23(2)22/h3-6,9,13H,7-8H2,1-2H3,(H,20,21). The van der Waals surface area contributed by atoms with Crippen LogP contribution < -0.4 is 0 Å². The van der Waals surface area contributed by atoms with Crippen LogP contribution in [0.1, 0.15) is 39.6 Å². The Balaban J connectivity index is 1.98. The van der Waals surface area contributed by atoms with Gasteiger partial charge in [-0.25, -0.2) is 0 Å². The number of hydrogen-bond acceptors (Lipinski definition) is 3. The molecule has 0 amide bonds. The number of carbonyl (C=O) groups excluding carboxylic acids is 1. The third-order valence-corrected chi connectivity index (χ3v) is 5.22. The maximum absolute atomic E-state index is 12.8. The third-order valence-electron chi connectivity index (χ3n) is 4.28. The molecule has 5 nitrogen and oxygen atoms in total. The lowest BCUT2D eigenvalue weighted by Gasteiger charge is -2.08. The highest BCUT2D eigenvalue weighted by atomic mass is 32.2. The molecule has 1 aliphatic rings. The molecule has 6 heteroatoms. The molecule has 0 saturated heterocycles. The molecule has 1 aromatic carbocycles. The van der Waals surface area contributed by atoms with Gasteiger partial charge in [-0.05, 0) is 60.4 Å². The van der Waals surface area contributed by atoms with Gasteiger partial charge in [0, 0.05) is 17.8 Å². The summed E-state index contributed by atoms with van der Waals surface area (Å²) in [5, 5.41) is 9.27. The lowest BCUT2D eigenvalue weighted by atomic mass is 10.0. The summed E-state index contributed by atoms with van der Waals surface area (Å²) in [7, 11) is 0. The van der Waals surface area contributed by atoms with Gasteiger partial charge in [-0.3, -0.25) is 9.59 Å². The van der Waals surface area contributed by atoms with Gasteiger partial charge in [-0.1, -0.05) is 0 Å². The second-order valence-corrected chi connectivity index (χ2v) is 7.12. The zero-order chi connectivity index (χ0) is 16.7. The van der Waals surface area contributed by atoms with Crippen molar-refractivity contribution in [2.24, 2.45) is 0 Å². The molecule has 0 aliphatic carbocycles. The Bertz CT molecular complexity index is 777. The van der Waals surface area contributed by atoms with E-state index in [4.69, 9.17) is 0 Å². The summed E-state index contributed by atoms with van der Waals surface area (Å²) in [4.78, 5) is 24.8. The van der Waals surface area contributed by atoms with E-state index < -0.39 is 23.1 Å². The van der Waals surface area contributed by atoms with Crippen molar-refractivity contribution in [3.05, 3.63) is 52.8 Å². The fourth-order valence-corrected chi connectivity index (χ4v) is 3.65. The number of carboxylic acid groups (broad SMARTS) is 1. The van der Waals surface area contributed by atoms with Gasteiger partial charge in [-0.15, -0.1) is 0 Å². The van der Waals surface area contributed by atoms with E-state index in [0.29, 0.717) is 34.8 Å². The van der Waals surface area contributed by atoms with Crippen molar-refractivity contribution < 1.29 is 19.2 Å². The summed E-state index contributed by atoms with van der Waals surface area (Å²) in [6.45, 7) is 2.37. The van der Waals surface area contributed by atoms with Crippen molar-refractivity contribution in [2.45, 2.75) is 30.7 Å². The van der Waals surface area contributed by atoms with Crippen molar-refractivity contribution in [3.8, 4) is 0 Å². The van der Waals surface area contributed by atoms with E-state index in [1.807, 2.05) is 11.5 Å². The minimum atomic E-state index is -1.08. The first kappa shape index (κ1) is 15.8. The molecule has 23 heavy (non-hydrogen) atoms. The van der Waals surface area contributed by atoms with Crippen molar-refractivity contribution in [3.63, 3.8) is 0 Å². The third kappa shape index (κ3) is 2.68. The summed E-state index contributed by atoms with van der Waals surface area (Å²) >= 11 is -1.08. The number of nitrogens with zero attached hydrogens (tertiary/aromatic N) is 1. The maximum atomic E-state index is 12.8. The van der Waals surface area contributed by atoms with E-state index in [1.54, 1.807) is 36.6 Å². The van der Waals surface area contributed by atoms with Crippen LogP contribution in [0.2, 0.25) is 0 Å². The quantitative estimate of drug-likeness (QED) is 0.688. The molecule has 0 bridgehead atoms. The number of fused-ring (bicyclic) bond motifs is 1. The Morgan fingerprint density at radius 3 is 2.52 bits per heavy atom. The lowest BCUT2D eigenvalue weighted by Crippen LogP contribution is -2.11. The Morgan fingerprint density at radius 2 is 1.96 bits per heavy atom. The molecule has 0 fully saturated rings. The van der Waals surface area contributed by atoms with Gasteiger partial charge in [0.05, 0.1) is 11.6 Å². The average molecular weight is 331 g/mol. The highest BCUT2D eigenvalue weighted by molar-refractivity contribution is 7.90. The first-order valence-corrected chi connectivity index (χ1v) is 8.87. The number of aliphatic carboxylic acids is 1. The highest BCUT2D eigenvalue weighted by Gasteiger charge is 2.33. The predicted octanol–water partition coefficient (Wildman–Crippen LogP) is 2.34. The summed E-state index contributed by atoms with van der Waals surface area (Å²) in [5.74, 6) is -1.52. The molecule has 2 unspecified atom stereocenters. The molecule has 2 heterocycles.